The fourth-order valence-electron chi connectivity index (χ4n) is 1.47. The number of halogens is 4. The Bertz CT molecular complexity index is 628. The van der Waals surface area contributed by atoms with Crippen LogP contribution in [-0.2, 0) is 0 Å². The molecule has 1 nitrogen and oxygen atoms in total. The Balaban J connectivity index is 2.48. The number of carbonyl (C=O) groups is 1. The maximum atomic E-state index is 13.4. The Morgan fingerprint density at radius 2 is 1.83 bits per heavy atom. The largest absolute Gasteiger partial charge is 0.289 e. The van der Waals surface area contributed by atoms with E-state index in [9.17, 15) is 9.18 Å². The Morgan fingerprint density at radius 3 is 2.50 bits per heavy atom. The summed E-state index contributed by atoms with van der Waals surface area (Å²) in [6.45, 7) is 0. The molecule has 0 atom stereocenters. The second-order valence-electron chi connectivity index (χ2n) is 3.56. The first-order valence-corrected chi connectivity index (χ1v) is 6.49. The van der Waals surface area contributed by atoms with Crippen molar-refractivity contribution in [1.82, 2.24) is 0 Å². The summed E-state index contributed by atoms with van der Waals surface area (Å²) in [4.78, 5) is 12.2. The molecule has 0 bridgehead atoms. The summed E-state index contributed by atoms with van der Waals surface area (Å²) in [6.07, 6.45) is 0. The summed E-state index contributed by atoms with van der Waals surface area (Å²) < 4.78 is 13.5. The third-order valence-electron chi connectivity index (χ3n) is 2.38. The summed E-state index contributed by atoms with van der Waals surface area (Å²) in [5.41, 5.74) is 0.601. The van der Waals surface area contributed by atoms with Gasteiger partial charge < -0.3 is 0 Å². The zero-order valence-corrected chi connectivity index (χ0v) is 12.0. The van der Waals surface area contributed by atoms with Crippen LogP contribution in [-0.4, -0.2) is 5.78 Å². The summed E-state index contributed by atoms with van der Waals surface area (Å²) >= 11 is 14.7. The lowest BCUT2D eigenvalue weighted by atomic mass is 10.0. The molecule has 0 aliphatic heterocycles. The molecule has 0 amide bonds. The Labute approximate surface area is 122 Å². The summed E-state index contributed by atoms with van der Waals surface area (Å²) in [5.74, 6) is -0.805. The van der Waals surface area contributed by atoms with Crippen LogP contribution < -0.4 is 0 Å². The monoisotopic (exact) mass is 346 g/mol. The molecule has 0 radical (unpaired) electrons. The van der Waals surface area contributed by atoms with Gasteiger partial charge in [-0.15, -0.1) is 0 Å². The van der Waals surface area contributed by atoms with Crippen molar-refractivity contribution in [3.63, 3.8) is 0 Å². The molecular formula is C13H6BrCl2FO. The minimum absolute atomic E-state index is 0.140. The Morgan fingerprint density at radius 1 is 1.11 bits per heavy atom. The predicted molar refractivity (Wildman–Crippen MR) is 74.0 cm³/mol. The van der Waals surface area contributed by atoms with Gasteiger partial charge in [0.25, 0.3) is 0 Å². The SMILES string of the molecule is O=C(c1ccc(Cl)c(Cl)c1)c1cccc(F)c1Br. The number of benzene rings is 2. The van der Waals surface area contributed by atoms with Gasteiger partial charge in [-0.1, -0.05) is 29.3 Å². The van der Waals surface area contributed by atoms with Gasteiger partial charge >= 0.3 is 0 Å². The van der Waals surface area contributed by atoms with Crippen molar-refractivity contribution in [3.05, 3.63) is 67.9 Å². The molecule has 0 N–H and O–H groups in total. The van der Waals surface area contributed by atoms with E-state index in [1.165, 1.54) is 30.3 Å². The maximum absolute atomic E-state index is 13.4. The molecule has 2 aromatic rings. The van der Waals surface area contributed by atoms with Gasteiger partial charge in [-0.25, -0.2) is 4.39 Å². The van der Waals surface area contributed by atoms with E-state index < -0.39 is 5.82 Å². The highest BCUT2D eigenvalue weighted by Crippen LogP contribution is 2.27. The van der Waals surface area contributed by atoms with Gasteiger partial charge in [0.1, 0.15) is 5.82 Å². The van der Waals surface area contributed by atoms with Crippen LogP contribution in [0.4, 0.5) is 4.39 Å². The van der Waals surface area contributed by atoms with Crippen molar-refractivity contribution in [2.45, 2.75) is 0 Å². The summed E-state index contributed by atoms with van der Waals surface area (Å²) in [6, 6.07) is 8.83. The first-order chi connectivity index (χ1) is 8.50. The molecule has 0 saturated heterocycles. The Kier molecular flexibility index (Phi) is 4.05. The lowest BCUT2D eigenvalue weighted by molar-refractivity contribution is 0.103. The molecule has 0 spiro atoms. The smallest absolute Gasteiger partial charge is 0.194 e. The van der Waals surface area contributed by atoms with Crippen LogP contribution in [0.1, 0.15) is 15.9 Å². The number of carbonyl (C=O) groups excluding carboxylic acids is 1. The van der Waals surface area contributed by atoms with Crippen molar-refractivity contribution in [1.29, 1.82) is 0 Å². The fraction of sp³-hybridized carbons (Fsp3) is 0. The average Bonchev–Trinajstić information content (AvgIpc) is 2.35. The summed E-state index contributed by atoms with van der Waals surface area (Å²) in [7, 11) is 0. The molecule has 2 aromatic carbocycles. The van der Waals surface area contributed by atoms with Crippen molar-refractivity contribution in [2.75, 3.05) is 0 Å². The fourth-order valence-corrected chi connectivity index (χ4v) is 2.21. The van der Waals surface area contributed by atoms with Gasteiger partial charge in [-0.05, 0) is 46.3 Å². The van der Waals surface area contributed by atoms with Crippen LogP contribution in [0.2, 0.25) is 10.0 Å². The second-order valence-corrected chi connectivity index (χ2v) is 5.17. The highest BCUT2D eigenvalue weighted by atomic mass is 79.9. The average molecular weight is 348 g/mol. The molecule has 18 heavy (non-hydrogen) atoms. The minimum atomic E-state index is -0.485. The van der Waals surface area contributed by atoms with Crippen LogP contribution >= 0.6 is 39.1 Å². The zero-order chi connectivity index (χ0) is 13.3. The van der Waals surface area contributed by atoms with Crippen LogP contribution in [0.5, 0.6) is 0 Å². The second kappa shape index (κ2) is 5.39. The van der Waals surface area contributed by atoms with E-state index in [0.717, 1.165) is 0 Å². The normalized spacial score (nSPS) is 10.4. The third kappa shape index (κ3) is 2.58. The molecule has 0 fully saturated rings. The molecule has 0 aromatic heterocycles. The number of rotatable bonds is 2. The van der Waals surface area contributed by atoms with Crippen LogP contribution in [0.3, 0.4) is 0 Å². The molecule has 0 heterocycles. The molecular weight excluding hydrogens is 342 g/mol. The van der Waals surface area contributed by atoms with Crippen LogP contribution in [0, 0.1) is 5.82 Å². The lowest BCUT2D eigenvalue weighted by Gasteiger charge is -2.05. The van der Waals surface area contributed by atoms with Gasteiger partial charge in [0.15, 0.2) is 5.78 Å². The van der Waals surface area contributed by atoms with Gasteiger partial charge in [-0.2, -0.15) is 0 Å². The number of ketones is 1. The van der Waals surface area contributed by atoms with Crippen molar-refractivity contribution < 1.29 is 9.18 Å². The highest BCUT2D eigenvalue weighted by Gasteiger charge is 2.15. The van der Waals surface area contributed by atoms with E-state index in [2.05, 4.69) is 15.9 Å². The van der Waals surface area contributed by atoms with Crippen LogP contribution in [0.15, 0.2) is 40.9 Å². The predicted octanol–water partition coefficient (Wildman–Crippen LogP) is 5.13. The van der Waals surface area contributed by atoms with E-state index in [1.54, 1.807) is 6.07 Å². The number of hydrogen-bond acceptors (Lipinski definition) is 1. The molecule has 0 unspecified atom stereocenters. The maximum Gasteiger partial charge on any atom is 0.194 e. The molecule has 92 valence electrons. The first kappa shape index (κ1) is 13.5. The standard InChI is InChI=1S/C13H6BrCl2FO/c14-12-8(2-1-3-11(12)17)13(18)7-4-5-9(15)10(16)6-7/h1-6H. The minimum Gasteiger partial charge on any atom is -0.289 e. The first-order valence-electron chi connectivity index (χ1n) is 4.94. The molecule has 0 aliphatic carbocycles. The molecule has 5 heteroatoms. The molecule has 0 saturated carbocycles. The van der Waals surface area contributed by atoms with Gasteiger partial charge in [-0.3, -0.25) is 4.79 Å². The number of hydrogen-bond donors (Lipinski definition) is 0. The van der Waals surface area contributed by atoms with Gasteiger partial charge in [0.05, 0.1) is 14.5 Å². The highest BCUT2D eigenvalue weighted by molar-refractivity contribution is 9.10. The zero-order valence-electron chi connectivity index (χ0n) is 8.88. The van der Waals surface area contributed by atoms with Crippen molar-refractivity contribution in [2.24, 2.45) is 0 Å². The summed E-state index contributed by atoms with van der Waals surface area (Å²) in [5, 5.41) is 0.654. The molecule has 0 aliphatic rings. The van der Waals surface area contributed by atoms with Crippen molar-refractivity contribution in [3.8, 4) is 0 Å². The van der Waals surface area contributed by atoms with E-state index >= 15 is 0 Å². The third-order valence-corrected chi connectivity index (χ3v) is 3.92. The van der Waals surface area contributed by atoms with E-state index in [4.69, 9.17) is 23.2 Å². The lowest BCUT2D eigenvalue weighted by Crippen LogP contribution is -2.03. The van der Waals surface area contributed by atoms with E-state index in [-0.39, 0.29) is 20.8 Å². The van der Waals surface area contributed by atoms with Crippen LogP contribution in [0.25, 0.3) is 0 Å². The quantitative estimate of drug-likeness (QED) is 0.688. The molecule has 2 rings (SSSR count). The van der Waals surface area contributed by atoms with E-state index in [0.29, 0.717) is 10.6 Å². The van der Waals surface area contributed by atoms with Crippen molar-refractivity contribution >= 4 is 44.9 Å². The van der Waals surface area contributed by atoms with E-state index in [1.807, 2.05) is 0 Å². The van der Waals surface area contributed by atoms with Gasteiger partial charge in [0, 0.05) is 11.1 Å². The van der Waals surface area contributed by atoms with Gasteiger partial charge in [0.2, 0.25) is 0 Å². The topological polar surface area (TPSA) is 17.1 Å². The Hall–Kier alpha value is -0.900.